The van der Waals surface area contributed by atoms with Crippen LogP contribution in [-0.4, -0.2) is 0 Å². The molecule has 152 valence electrons. The van der Waals surface area contributed by atoms with Gasteiger partial charge >= 0.3 is 0 Å². The molecule has 0 aromatic heterocycles. The van der Waals surface area contributed by atoms with E-state index in [-0.39, 0.29) is 0 Å². The van der Waals surface area contributed by atoms with Gasteiger partial charge in [-0.2, -0.15) is 0 Å². The van der Waals surface area contributed by atoms with Gasteiger partial charge in [-0.05, 0) is 53.5 Å². The molecule has 0 nitrogen and oxygen atoms in total. The van der Waals surface area contributed by atoms with Crippen molar-refractivity contribution in [3.8, 4) is 11.1 Å². The maximum Gasteiger partial charge on any atom is -0.000120 e. The van der Waals surface area contributed by atoms with E-state index >= 15 is 0 Å². The van der Waals surface area contributed by atoms with Crippen molar-refractivity contribution in [2.75, 3.05) is 0 Å². The summed E-state index contributed by atoms with van der Waals surface area (Å²) in [5.74, 6) is 0.671. The minimum atomic E-state index is 0.671. The van der Waals surface area contributed by atoms with Crippen LogP contribution >= 0.6 is 0 Å². The van der Waals surface area contributed by atoms with E-state index in [1.54, 1.807) is 0 Å². The predicted octanol–water partition coefficient (Wildman–Crippen LogP) is 8.75. The maximum absolute atomic E-state index is 3.77. The Balaban J connectivity index is 0.000000251. The van der Waals surface area contributed by atoms with Crippen molar-refractivity contribution in [3.05, 3.63) is 121 Å². The van der Waals surface area contributed by atoms with E-state index in [0.29, 0.717) is 5.92 Å². The summed E-state index contributed by atoms with van der Waals surface area (Å²) in [6, 6.07) is 19.2. The van der Waals surface area contributed by atoms with Crippen molar-refractivity contribution in [1.29, 1.82) is 0 Å². The molecule has 0 N–H and O–H groups in total. The molecule has 0 fully saturated rings. The van der Waals surface area contributed by atoms with Gasteiger partial charge in [0, 0.05) is 0 Å². The summed E-state index contributed by atoms with van der Waals surface area (Å²) in [6.07, 6.45) is 14.4. The fraction of sp³-hybridized carbons (Fsp3) is 0.241. The van der Waals surface area contributed by atoms with Crippen molar-refractivity contribution < 1.29 is 0 Å². The van der Waals surface area contributed by atoms with Crippen molar-refractivity contribution in [2.45, 2.75) is 40.5 Å². The minimum absolute atomic E-state index is 0.671. The van der Waals surface area contributed by atoms with E-state index in [9.17, 15) is 0 Å². The third-order valence-electron chi connectivity index (χ3n) is 4.59. The van der Waals surface area contributed by atoms with E-state index in [0.717, 1.165) is 12.8 Å². The quantitative estimate of drug-likeness (QED) is 0.345. The average molecular weight is 385 g/mol. The molecule has 0 heteroatoms. The average Bonchev–Trinajstić information content (AvgIpc) is 3.52. The molecular formula is C29H36. The molecule has 0 radical (unpaired) electrons. The van der Waals surface area contributed by atoms with Crippen LogP contribution in [0.4, 0.5) is 0 Å². The van der Waals surface area contributed by atoms with Gasteiger partial charge < -0.3 is 0 Å². The topological polar surface area (TPSA) is 0 Å². The highest BCUT2D eigenvalue weighted by Crippen LogP contribution is 2.34. The first-order valence-electron chi connectivity index (χ1n) is 10.5. The molecule has 0 saturated heterocycles. The SMILES string of the molecule is C=C/C(=C\C=C/C)C1=CC1C.C=CCC.CCc1ccc(-c2ccccc2)cc1. The van der Waals surface area contributed by atoms with Gasteiger partial charge in [-0.25, -0.2) is 0 Å². The Hall–Kier alpha value is -2.86. The molecule has 0 spiro atoms. The van der Waals surface area contributed by atoms with E-state index in [1.165, 1.54) is 27.8 Å². The van der Waals surface area contributed by atoms with Gasteiger partial charge in [-0.1, -0.05) is 118 Å². The maximum atomic E-state index is 3.77. The van der Waals surface area contributed by atoms with Crippen LogP contribution in [0.15, 0.2) is 115 Å². The number of aryl methyl sites for hydroxylation is 1. The van der Waals surface area contributed by atoms with E-state index in [1.807, 2.05) is 37.3 Å². The number of hydrogen-bond acceptors (Lipinski definition) is 0. The van der Waals surface area contributed by atoms with E-state index in [4.69, 9.17) is 0 Å². The van der Waals surface area contributed by atoms with Crippen LogP contribution in [0, 0.1) is 5.92 Å². The van der Waals surface area contributed by atoms with Crippen LogP contribution in [0.1, 0.15) is 39.7 Å². The second kappa shape index (κ2) is 14.2. The zero-order chi connectivity index (χ0) is 21.5. The monoisotopic (exact) mass is 384 g/mol. The number of rotatable bonds is 6. The van der Waals surface area contributed by atoms with Gasteiger partial charge in [0.2, 0.25) is 0 Å². The molecule has 0 amide bonds. The molecule has 0 bridgehead atoms. The molecule has 0 heterocycles. The van der Waals surface area contributed by atoms with Gasteiger partial charge in [0.1, 0.15) is 0 Å². The minimum Gasteiger partial charge on any atom is -0.103 e. The van der Waals surface area contributed by atoms with Gasteiger partial charge in [0.15, 0.2) is 0 Å². The Morgan fingerprint density at radius 3 is 1.90 bits per heavy atom. The summed E-state index contributed by atoms with van der Waals surface area (Å²) >= 11 is 0. The molecule has 2 aromatic carbocycles. The highest BCUT2D eigenvalue weighted by atomic mass is 14.2. The van der Waals surface area contributed by atoms with E-state index < -0.39 is 0 Å². The number of benzene rings is 2. The smallest absolute Gasteiger partial charge is 0.000120 e. The van der Waals surface area contributed by atoms with Crippen LogP contribution in [0.2, 0.25) is 0 Å². The molecule has 29 heavy (non-hydrogen) atoms. The lowest BCUT2D eigenvalue weighted by molar-refractivity contribution is 1.04. The van der Waals surface area contributed by atoms with E-state index in [2.05, 4.69) is 94.6 Å². The number of hydrogen-bond donors (Lipinski definition) is 0. The highest BCUT2D eigenvalue weighted by molar-refractivity contribution is 5.63. The molecule has 0 aliphatic heterocycles. The molecule has 3 rings (SSSR count). The molecule has 1 unspecified atom stereocenters. The zero-order valence-corrected chi connectivity index (χ0v) is 18.6. The first-order valence-corrected chi connectivity index (χ1v) is 10.5. The Morgan fingerprint density at radius 1 is 0.931 bits per heavy atom. The first kappa shape index (κ1) is 24.2. The summed E-state index contributed by atoms with van der Waals surface area (Å²) in [4.78, 5) is 0. The van der Waals surface area contributed by atoms with Gasteiger partial charge in [0.05, 0.1) is 0 Å². The largest absolute Gasteiger partial charge is 0.103 e. The van der Waals surface area contributed by atoms with Crippen LogP contribution in [-0.2, 0) is 6.42 Å². The standard InChI is InChI=1S/C14H14.C11H14.C4H8/c1-2-12-8-10-14(11-9-12)13-6-4-3-5-7-13;1-4-6-7-10(5-2)11-8-9(11)3;1-3-4-2/h3-11H,2H2,1H3;4-9H,2H2,1,3H3;3H,1,4H2,2H3/b;6-4-,10-7+;. The van der Waals surface area contributed by atoms with Crippen molar-refractivity contribution in [3.63, 3.8) is 0 Å². The Morgan fingerprint density at radius 2 is 1.48 bits per heavy atom. The lowest BCUT2D eigenvalue weighted by Crippen LogP contribution is -1.80. The summed E-state index contributed by atoms with van der Waals surface area (Å²) in [6.45, 7) is 15.7. The van der Waals surface area contributed by atoms with Gasteiger partial charge in [-0.15, -0.1) is 6.58 Å². The molecule has 2 aromatic rings. The van der Waals surface area contributed by atoms with Gasteiger partial charge in [-0.3, -0.25) is 0 Å². The third-order valence-corrected chi connectivity index (χ3v) is 4.59. The second-order valence-corrected chi connectivity index (χ2v) is 6.88. The zero-order valence-electron chi connectivity index (χ0n) is 18.6. The molecule has 1 aliphatic rings. The van der Waals surface area contributed by atoms with Crippen LogP contribution < -0.4 is 0 Å². The fourth-order valence-electron chi connectivity index (χ4n) is 2.63. The van der Waals surface area contributed by atoms with Crippen molar-refractivity contribution in [2.24, 2.45) is 5.92 Å². The molecule has 0 saturated carbocycles. The van der Waals surface area contributed by atoms with Crippen molar-refractivity contribution >= 4 is 0 Å². The summed E-state index contributed by atoms with van der Waals surface area (Å²) in [5, 5.41) is 0. The van der Waals surface area contributed by atoms with Crippen LogP contribution in [0.25, 0.3) is 11.1 Å². The summed E-state index contributed by atoms with van der Waals surface area (Å²) in [5.41, 5.74) is 6.66. The van der Waals surface area contributed by atoms with Crippen LogP contribution in [0.3, 0.4) is 0 Å². The second-order valence-electron chi connectivity index (χ2n) is 6.88. The Bertz CT molecular complexity index is 814. The normalized spacial score (nSPS) is 14.7. The first-order chi connectivity index (χ1) is 14.1. The lowest BCUT2D eigenvalue weighted by atomic mass is 10.0. The molecule has 1 aliphatic carbocycles. The Labute approximate surface area is 178 Å². The highest BCUT2D eigenvalue weighted by Gasteiger charge is 2.20. The fourth-order valence-corrected chi connectivity index (χ4v) is 2.63. The summed E-state index contributed by atoms with van der Waals surface area (Å²) in [7, 11) is 0. The van der Waals surface area contributed by atoms with Crippen LogP contribution in [0.5, 0.6) is 0 Å². The number of allylic oxidation sites excluding steroid dienone is 8. The third kappa shape index (κ3) is 9.25. The van der Waals surface area contributed by atoms with Gasteiger partial charge in [0.25, 0.3) is 0 Å². The molecule has 1 atom stereocenters. The molecular weight excluding hydrogens is 348 g/mol. The predicted molar refractivity (Wildman–Crippen MR) is 132 cm³/mol. The van der Waals surface area contributed by atoms with Crippen molar-refractivity contribution in [1.82, 2.24) is 0 Å². The Kier molecular flexibility index (Phi) is 11.8. The summed E-state index contributed by atoms with van der Waals surface area (Å²) < 4.78 is 0. The lowest BCUT2D eigenvalue weighted by Gasteiger charge is -2.02.